The topological polar surface area (TPSA) is 3.24 Å². The summed E-state index contributed by atoms with van der Waals surface area (Å²) in [5, 5.41) is 0. The van der Waals surface area contributed by atoms with Crippen molar-refractivity contribution in [1.29, 1.82) is 0 Å². The van der Waals surface area contributed by atoms with Gasteiger partial charge in [0.25, 0.3) is 0 Å². The van der Waals surface area contributed by atoms with Crippen molar-refractivity contribution in [3.63, 3.8) is 0 Å². The Bertz CT molecular complexity index is 136. The maximum atomic E-state index is 13.5. The second kappa shape index (κ2) is 4.22. The summed E-state index contributed by atoms with van der Waals surface area (Å²) < 4.78 is 13.5. The van der Waals surface area contributed by atoms with Crippen molar-refractivity contribution in [2.45, 2.75) is 44.8 Å². The van der Waals surface area contributed by atoms with E-state index in [0.29, 0.717) is 5.92 Å². The van der Waals surface area contributed by atoms with E-state index in [0.717, 1.165) is 19.3 Å². The number of hydrogen-bond donors (Lipinski definition) is 0. The third-order valence-corrected chi connectivity index (χ3v) is 3.09. The summed E-state index contributed by atoms with van der Waals surface area (Å²) in [5.74, 6) is 0.635. The summed E-state index contributed by atoms with van der Waals surface area (Å²) >= 11 is 0. The summed E-state index contributed by atoms with van der Waals surface area (Å²) in [6, 6.07) is 0.174. The second-order valence-electron chi connectivity index (χ2n) is 4.13. The quantitative estimate of drug-likeness (QED) is 0.620. The molecule has 0 aromatic rings. The van der Waals surface area contributed by atoms with Crippen LogP contribution in [0.2, 0.25) is 0 Å². The van der Waals surface area contributed by atoms with Gasteiger partial charge in [-0.2, -0.15) is 0 Å². The zero-order valence-corrected chi connectivity index (χ0v) is 8.39. The Hall–Kier alpha value is -0.110. The summed E-state index contributed by atoms with van der Waals surface area (Å²) in [4.78, 5) is 2.02. The zero-order valence-electron chi connectivity index (χ0n) is 8.39. The van der Waals surface area contributed by atoms with Crippen LogP contribution in [0.1, 0.15) is 32.6 Å². The monoisotopic (exact) mass is 173 g/mol. The predicted molar refractivity (Wildman–Crippen MR) is 50.0 cm³/mol. The Morgan fingerprint density at radius 3 is 2.42 bits per heavy atom. The van der Waals surface area contributed by atoms with Crippen molar-refractivity contribution in [3.05, 3.63) is 0 Å². The fourth-order valence-electron chi connectivity index (χ4n) is 2.13. The van der Waals surface area contributed by atoms with Crippen LogP contribution >= 0.6 is 0 Å². The summed E-state index contributed by atoms with van der Waals surface area (Å²) in [6.07, 6.45) is 3.56. The number of halogens is 1. The van der Waals surface area contributed by atoms with Crippen molar-refractivity contribution in [3.8, 4) is 0 Å². The molecule has 1 rings (SSSR count). The number of hydrogen-bond acceptors (Lipinski definition) is 1. The van der Waals surface area contributed by atoms with E-state index in [4.69, 9.17) is 0 Å². The van der Waals surface area contributed by atoms with Crippen LogP contribution in [0.15, 0.2) is 0 Å². The molecule has 0 bridgehead atoms. The van der Waals surface area contributed by atoms with Gasteiger partial charge < -0.3 is 4.90 Å². The number of rotatable bonds is 2. The fourth-order valence-corrected chi connectivity index (χ4v) is 2.13. The highest BCUT2D eigenvalue weighted by Gasteiger charge is 2.30. The van der Waals surface area contributed by atoms with Crippen molar-refractivity contribution < 1.29 is 4.39 Å². The first kappa shape index (κ1) is 9.97. The first-order valence-corrected chi connectivity index (χ1v) is 4.95. The second-order valence-corrected chi connectivity index (χ2v) is 4.13. The largest absolute Gasteiger partial charge is 0.304 e. The molecular formula is C10H20FN. The molecule has 0 amide bonds. The number of alkyl halides is 1. The predicted octanol–water partition coefficient (Wildman–Crippen LogP) is 2.46. The maximum absolute atomic E-state index is 13.5. The van der Waals surface area contributed by atoms with Gasteiger partial charge in [0.05, 0.1) is 0 Å². The number of nitrogens with zero attached hydrogens (tertiary/aromatic N) is 1. The van der Waals surface area contributed by atoms with Crippen molar-refractivity contribution >= 4 is 0 Å². The Kier molecular flexibility index (Phi) is 3.51. The molecule has 1 saturated carbocycles. The summed E-state index contributed by atoms with van der Waals surface area (Å²) in [5.41, 5.74) is 0. The van der Waals surface area contributed by atoms with Crippen molar-refractivity contribution in [2.75, 3.05) is 14.1 Å². The van der Waals surface area contributed by atoms with Crippen LogP contribution in [0.4, 0.5) is 4.39 Å². The lowest BCUT2D eigenvalue weighted by molar-refractivity contribution is 0.0856. The van der Waals surface area contributed by atoms with Gasteiger partial charge in [-0.25, -0.2) is 4.39 Å². The molecule has 0 aliphatic heterocycles. The van der Waals surface area contributed by atoms with Crippen molar-refractivity contribution in [1.82, 2.24) is 4.90 Å². The average molecular weight is 173 g/mol. The van der Waals surface area contributed by atoms with Crippen LogP contribution < -0.4 is 0 Å². The van der Waals surface area contributed by atoms with Crippen LogP contribution in [0, 0.1) is 5.92 Å². The van der Waals surface area contributed by atoms with Crippen LogP contribution in [-0.2, 0) is 0 Å². The van der Waals surface area contributed by atoms with Crippen LogP contribution in [0.25, 0.3) is 0 Å². The molecule has 1 aliphatic rings. The third-order valence-electron chi connectivity index (χ3n) is 3.09. The molecule has 1 aliphatic carbocycles. The lowest BCUT2D eigenvalue weighted by atomic mass is 9.83. The highest BCUT2D eigenvalue weighted by Crippen LogP contribution is 2.30. The minimum atomic E-state index is -0.598. The molecule has 2 heteroatoms. The van der Waals surface area contributed by atoms with Gasteiger partial charge in [0.2, 0.25) is 0 Å². The molecule has 1 nitrogen and oxygen atoms in total. The lowest BCUT2D eigenvalue weighted by Gasteiger charge is -2.35. The van der Waals surface area contributed by atoms with Gasteiger partial charge in [-0.3, -0.25) is 0 Å². The van der Waals surface area contributed by atoms with Crippen LogP contribution in [0.5, 0.6) is 0 Å². The van der Waals surface area contributed by atoms with E-state index in [1.807, 2.05) is 19.0 Å². The Morgan fingerprint density at radius 1 is 1.33 bits per heavy atom. The normalized spacial score (nSPS) is 37.2. The molecule has 0 aromatic carbocycles. The van der Waals surface area contributed by atoms with Gasteiger partial charge in [-0.1, -0.05) is 13.3 Å². The van der Waals surface area contributed by atoms with E-state index in [1.54, 1.807) is 0 Å². The minimum Gasteiger partial charge on any atom is -0.304 e. The molecule has 3 unspecified atom stereocenters. The fraction of sp³-hybridized carbons (Fsp3) is 1.00. The highest BCUT2D eigenvalue weighted by molar-refractivity contribution is 4.84. The summed E-state index contributed by atoms with van der Waals surface area (Å²) in [6.45, 7) is 2.16. The minimum absolute atomic E-state index is 0.174. The molecule has 0 heterocycles. The molecule has 3 atom stereocenters. The van der Waals surface area contributed by atoms with Gasteiger partial charge in [0.15, 0.2) is 0 Å². The Balaban J connectivity index is 2.42. The standard InChI is InChI=1S/C10H20FN/c1-4-8-5-6-10(12(2)3)9(11)7-8/h8-10H,4-7H2,1-3H3. The van der Waals surface area contributed by atoms with E-state index in [-0.39, 0.29) is 6.04 Å². The summed E-state index contributed by atoms with van der Waals surface area (Å²) in [7, 11) is 3.95. The maximum Gasteiger partial charge on any atom is 0.116 e. The first-order chi connectivity index (χ1) is 5.65. The van der Waals surface area contributed by atoms with E-state index >= 15 is 0 Å². The molecule has 1 fully saturated rings. The molecule has 0 radical (unpaired) electrons. The Morgan fingerprint density at radius 2 is 2.00 bits per heavy atom. The molecule has 0 saturated heterocycles. The molecular weight excluding hydrogens is 153 g/mol. The molecule has 0 N–H and O–H groups in total. The van der Waals surface area contributed by atoms with E-state index < -0.39 is 6.17 Å². The average Bonchev–Trinajstić information content (AvgIpc) is 2.03. The smallest absolute Gasteiger partial charge is 0.116 e. The van der Waals surface area contributed by atoms with E-state index in [9.17, 15) is 4.39 Å². The third kappa shape index (κ3) is 2.19. The van der Waals surface area contributed by atoms with E-state index in [1.165, 1.54) is 6.42 Å². The van der Waals surface area contributed by atoms with Gasteiger partial charge in [0.1, 0.15) is 6.17 Å². The molecule has 0 spiro atoms. The van der Waals surface area contributed by atoms with Gasteiger partial charge >= 0.3 is 0 Å². The SMILES string of the molecule is CCC1CCC(N(C)C)C(F)C1. The van der Waals surface area contributed by atoms with E-state index in [2.05, 4.69) is 6.92 Å². The van der Waals surface area contributed by atoms with Gasteiger partial charge in [-0.15, -0.1) is 0 Å². The first-order valence-electron chi connectivity index (χ1n) is 4.95. The zero-order chi connectivity index (χ0) is 9.14. The van der Waals surface area contributed by atoms with Crippen LogP contribution in [0.3, 0.4) is 0 Å². The molecule has 72 valence electrons. The van der Waals surface area contributed by atoms with Crippen molar-refractivity contribution in [2.24, 2.45) is 5.92 Å². The van der Waals surface area contributed by atoms with Gasteiger partial charge in [-0.05, 0) is 39.3 Å². The molecule has 0 aromatic heterocycles. The van der Waals surface area contributed by atoms with Gasteiger partial charge in [0, 0.05) is 6.04 Å². The Labute approximate surface area is 74.9 Å². The van der Waals surface area contributed by atoms with Crippen LogP contribution in [-0.4, -0.2) is 31.2 Å². The molecule has 12 heavy (non-hydrogen) atoms. The lowest BCUT2D eigenvalue weighted by Crippen LogP contribution is -2.41. The highest BCUT2D eigenvalue weighted by atomic mass is 19.1.